The van der Waals surface area contributed by atoms with Crippen molar-refractivity contribution in [3.05, 3.63) is 74.1 Å². The molecule has 0 spiro atoms. The van der Waals surface area contributed by atoms with Crippen molar-refractivity contribution in [1.29, 1.82) is 0 Å². The first-order valence-corrected chi connectivity index (χ1v) is 7.22. The van der Waals surface area contributed by atoms with Crippen LogP contribution >= 0.6 is 11.6 Å². The maximum Gasteiger partial charge on any atom is 0.422 e. The molecule has 6 nitrogen and oxygen atoms in total. The van der Waals surface area contributed by atoms with Crippen LogP contribution in [0.4, 0.5) is 10.1 Å². The molecule has 0 aliphatic rings. The molecule has 0 unspecified atom stereocenters. The van der Waals surface area contributed by atoms with Gasteiger partial charge in [-0.25, -0.2) is 9.60 Å². The van der Waals surface area contributed by atoms with E-state index in [9.17, 15) is 19.2 Å². The summed E-state index contributed by atoms with van der Waals surface area (Å²) in [6.07, 6.45) is 0. The van der Waals surface area contributed by atoms with Crippen molar-refractivity contribution in [2.45, 2.75) is 6.54 Å². The van der Waals surface area contributed by atoms with Crippen LogP contribution in [0.2, 0.25) is 5.02 Å². The van der Waals surface area contributed by atoms with Crippen LogP contribution in [0.25, 0.3) is 10.9 Å². The summed E-state index contributed by atoms with van der Waals surface area (Å²) in [5.74, 6) is -1.08. The molecule has 122 valence electrons. The fourth-order valence-corrected chi connectivity index (χ4v) is 2.67. The van der Waals surface area contributed by atoms with Crippen LogP contribution in [0.15, 0.2) is 47.3 Å². The number of hydrogen-bond donors (Lipinski definition) is 2. The SMILES string of the molecule is O=c1c([N+](=O)O)c(O)c2cc(Cl)ccc2n1Cc1ccc(F)cc1. The van der Waals surface area contributed by atoms with Crippen LogP contribution in [-0.4, -0.2) is 19.8 Å². The van der Waals surface area contributed by atoms with Gasteiger partial charge in [0, 0.05) is 10.4 Å². The Kier molecular flexibility index (Phi) is 3.94. The van der Waals surface area contributed by atoms with Crippen LogP contribution in [0, 0.1) is 10.7 Å². The highest BCUT2D eigenvalue weighted by Gasteiger charge is 2.29. The number of benzene rings is 2. The first-order valence-electron chi connectivity index (χ1n) is 6.84. The molecular weight excluding hydrogens is 339 g/mol. The number of aromatic hydroxyl groups is 1. The Morgan fingerprint density at radius 2 is 1.83 bits per heavy atom. The molecule has 0 saturated heterocycles. The lowest BCUT2D eigenvalue weighted by atomic mass is 10.1. The number of nitrogens with zero attached hydrogens (tertiary/aromatic N) is 2. The van der Waals surface area contributed by atoms with Crippen molar-refractivity contribution >= 4 is 28.2 Å². The minimum atomic E-state index is -0.885. The van der Waals surface area contributed by atoms with Gasteiger partial charge in [0.05, 0.1) is 17.0 Å². The highest BCUT2D eigenvalue weighted by Crippen LogP contribution is 2.32. The van der Waals surface area contributed by atoms with Gasteiger partial charge >= 0.3 is 11.2 Å². The van der Waals surface area contributed by atoms with Crippen molar-refractivity contribution in [2.75, 3.05) is 0 Å². The highest BCUT2D eigenvalue weighted by atomic mass is 35.5. The zero-order valence-electron chi connectivity index (χ0n) is 12.1. The summed E-state index contributed by atoms with van der Waals surface area (Å²) >= 11 is 5.90. The van der Waals surface area contributed by atoms with Gasteiger partial charge in [0.15, 0.2) is 0 Å². The van der Waals surface area contributed by atoms with Crippen molar-refractivity contribution in [3.8, 4) is 5.75 Å². The van der Waals surface area contributed by atoms with E-state index in [0.717, 1.165) is 0 Å². The molecule has 0 radical (unpaired) electrons. The first kappa shape index (κ1) is 15.9. The Labute approximate surface area is 139 Å². The Bertz CT molecular complexity index is 1020. The Morgan fingerprint density at radius 3 is 2.46 bits per heavy atom. The third-order valence-corrected chi connectivity index (χ3v) is 3.86. The van der Waals surface area contributed by atoms with Crippen molar-refractivity contribution in [2.24, 2.45) is 0 Å². The fourth-order valence-electron chi connectivity index (χ4n) is 2.50. The van der Waals surface area contributed by atoms with Gasteiger partial charge in [-0.2, -0.15) is 0 Å². The zero-order valence-corrected chi connectivity index (χ0v) is 12.9. The maximum atomic E-state index is 13.0. The van der Waals surface area contributed by atoms with E-state index in [1.807, 2.05) is 0 Å². The number of fused-ring (bicyclic) bond motifs is 1. The standard InChI is InChI=1S/C16H10ClFN2O4/c17-10-3-6-13-12(7-10)15(21)14(20(23)24)16(22)19(13)8-9-1-4-11(18)5-2-9/h1-7H,8H2,(H-,21,22,23,24)/p+1. The lowest BCUT2D eigenvalue weighted by Gasteiger charge is -2.11. The summed E-state index contributed by atoms with van der Waals surface area (Å²) in [5, 5.41) is 19.7. The molecule has 0 atom stereocenters. The van der Waals surface area contributed by atoms with Gasteiger partial charge in [0.25, 0.3) is 4.92 Å². The summed E-state index contributed by atoms with van der Waals surface area (Å²) in [6.45, 7) is 0.0123. The molecule has 0 bridgehead atoms. The second kappa shape index (κ2) is 5.93. The molecule has 2 aromatic carbocycles. The van der Waals surface area contributed by atoms with Crippen LogP contribution in [-0.2, 0) is 6.54 Å². The van der Waals surface area contributed by atoms with Crippen LogP contribution in [0.5, 0.6) is 5.75 Å². The average Bonchev–Trinajstić information content (AvgIpc) is 2.53. The Morgan fingerprint density at radius 1 is 1.17 bits per heavy atom. The second-order valence-corrected chi connectivity index (χ2v) is 5.59. The van der Waals surface area contributed by atoms with Crippen LogP contribution in [0.3, 0.4) is 0 Å². The summed E-state index contributed by atoms with van der Waals surface area (Å²) in [7, 11) is 0. The molecular formula is C16H11ClFN2O4+. The van der Waals surface area contributed by atoms with Gasteiger partial charge in [-0.3, -0.25) is 9.36 Å². The van der Waals surface area contributed by atoms with Crippen molar-refractivity contribution in [3.63, 3.8) is 0 Å². The van der Waals surface area contributed by atoms with E-state index >= 15 is 0 Å². The van der Waals surface area contributed by atoms with Gasteiger partial charge in [-0.05, 0) is 35.9 Å². The average molecular weight is 350 g/mol. The summed E-state index contributed by atoms with van der Waals surface area (Å²) in [5.41, 5.74) is -0.783. The number of aromatic nitrogens is 1. The molecule has 0 amide bonds. The second-order valence-electron chi connectivity index (χ2n) is 5.15. The largest absolute Gasteiger partial charge is 0.501 e. The van der Waals surface area contributed by atoms with Crippen LogP contribution in [0.1, 0.15) is 5.56 Å². The maximum absolute atomic E-state index is 13.0. The monoisotopic (exact) mass is 349 g/mol. The predicted octanol–water partition coefficient (Wildman–Crippen LogP) is 3.35. The van der Waals surface area contributed by atoms with E-state index in [-0.39, 0.29) is 17.0 Å². The minimum Gasteiger partial charge on any atom is -0.501 e. The number of hydrogen-bond acceptors (Lipinski definition) is 3. The molecule has 1 heterocycles. The van der Waals surface area contributed by atoms with E-state index in [4.69, 9.17) is 16.8 Å². The van der Waals surface area contributed by atoms with Crippen LogP contribution < -0.4 is 5.56 Å². The number of rotatable bonds is 3. The molecule has 0 saturated carbocycles. The van der Waals surface area contributed by atoms with E-state index < -0.39 is 27.7 Å². The smallest absolute Gasteiger partial charge is 0.422 e. The number of pyridine rings is 1. The Hall–Kier alpha value is -2.93. The first-order chi connectivity index (χ1) is 11.4. The quantitative estimate of drug-likeness (QED) is 0.710. The third kappa shape index (κ3) is 2.69. The van der Waals surface area contributed by atoms with E-state index in [2.05, 4.69) is 0 Å². The summed E-state index contributed by atoms with van der Waals surface area (Å²) in [4.78, 5) is 23.1. The molecule has 0 fully saturated rings. The van der Waals surface area contributed by atoms with E-state index in [1.165, 1.54) is 47.0 Å². The van der Waals surface area contributed by atoms with Crippen molar-refractivity contribution in [1.82, 2.24) is 4.57 Å². The normalized spacial score (nSPS) is 10.9. The summed E-state index contributed by atoms with van der Waals surface area (Å²) in [6, 6.07) is 9.88. The molecule has 0 aliphatic carbocycles. The minimum absolute atomic E-state index is 0.0123. The lowest BCUT2D eigenvalue weighted by molar-refractivity contribution is -0.730. The molecule has 3 rings (SSSR count). The van der Waals surface area contributed by atoms with Gasteiger partial charge in [-0.1, -0.05) is 23.7 Å². The number of halogens is 2. The summed E-state index contributed by atoms with van der Waals surface area (Å²) < 4.78 is 14.2. The third-order valence-electron chi connectivity index (χ3n) is 3.62. The van der Waals surface area contributed by atoms with E-state index in [0.29, 0.717) is 11.1 Å². The predicted molar refractivity (Wildman–Crippen MR) is 85.5 cm³/mol. The molecule has 8 heteroatoms. The molecule has 2 N–H and O–H groups in total. The topological polar surface area (TPSA) is 82.5 Å². The van der Waals surface area contributed by atoms with Gasteiger partial charge < -0.3 is 5.11 Å². The zero-order chi connectivity index (χ0) is 17.4. The molecule has 0 aliphatic heterocycles. The lowest BCUT2D eigenvalue weighted by Crippen LogP contribution is -2.24. The molecule has 1 aromatic heterocycles. The fraction of sp³-hybridized carbons (Fsp3) is 0.0625. The molecule has 3 aromatic rings. The van der Waals surface area contributed by atoms with Gasteiger partial charge in [0.2, 0.25) is 5.75 Å². The van der Waals surface area contributed by atoms with Gasteiger partial charge in [0.1, 0.15) is 5.82 Å². The highest BCUT2D eigenvalue weighted by molar-refractivity contribution is 6.31. The molecule has 24 heavy (non-hydrogen) atoms. The van der Waals surface area contributed by atoms with Crippen molar-refractivity contribution < 1.29 is 19.6 Å². The van der Waals surface area contributed by atoms with E-state index in [1.54, 1.807) is 0 Å². The van der Waals surface area contributed by atoms with Gasteiger partial charge in [-0.15, -0.1) is 0 Å². The Balaban J connectivity index is 2.31.